The first-order valence-corrected chi connectivity index (χ1v) is 5.50. The van der Waals surface area contributed by atoms with Crippen LogP contribution in [0, 0.1) is 11.8 Å². The molecule has 0 aromatic carbocycles. The molecule has 2 saturated heterocycles. The van der Waals surface area contributed by atoms with Gasteiger partial charge in [0.25, 0.3) is 0 Å². The summed E-state index contributed by atoms with van der Waals surface area (Å²) >= 11 is 0. The molecule has 0 unspecified atom stereocenters. The first-order chi connectivity index (χ1) is 6.86. The molecule has 6 heteroatoms. The zero-order valence-corrected chi connectivity index (χ0v) is 11.2. The van der Waals surface area contributed by atoms with Crippen molar-refractivity contribution in [2.75, 3.05) is 39.4 Å². The minimum Gasteiger partial charge on any atom is -0.396 e. The zero-order chi connectivity index (χ0) is 10.2. The Morgan fingerprint density at radius 3 is 1.31 bits per heavy atom. The lowest BCUT2D eigenvalue weighted by Crippen LogP contribution is -2.11. The molecule has 0 aromatic heterocycles. The van der Waals surface area contributed by atoms with Crippen molar-refractivity contribution in [3.63, 3.8) is 0 Å². The van der Waals surface area contributed by atoms with Crippen molar-refractivity contribution in [1.29, 1.82) is 0 Å². The molecule has 0 amide bonds. The Labute approximate surface area is 110 Å². The average Bonchev–Trinajstić information content (AvgIpc) is 2.92. The second-order valence-corrected chi connectivity index (χ2v) is 4.08. The molecule has 2 atom stereocenters. The fraction of sp³-hybridized carbons (Fsp3) is 1.00. The Kier molecular flexibility index (Phi) is 14.0. The molecule has 2 fully saturated rings. The third-order valence-corrected chi connectivity index (χ3v) is 2.84. The molecule has 0 bridgehead atoms. The Hall–Kier alpha value is 0.420. The maximum Gasteiger partial charge on any atom is 0.0471 e. The first-order valence-electron chi connectivity index (χ1n) is 5.50. The van der Waals surface area contributed by atoms with E-state index in [1.54, 1.807) is 0 Å². The normalized spacial score (nSPS) is 27.4. The van der Waals surface area contributed by atoms with E-state index in [4.69, 9.17) is 10.2 Å². The number of halogens is 2. The summed E-state index contributed by atoms with van der Waals surface area (Å²) in [6, 6.07) is 0. The third-order valence-electron chi connectivity index (χ3n) is 2.84. The fourth-order valence-electron chi connectivity index (χ4n) is 1.74. The highest BCUT2D eigenvalue weighted by molar-refractivity contribution is 5.85. The van der Waals surface area contributed by atoms with Crippen molar-refractivity contribution >= 4 is 24.8 Å². The van der Waals surface area contributed by atoms with E-state index in [1.165, 1.54) is 0 Å². The van der Waals surface area contributed by atoms with E-state index < -0.39 is 0 Å². The van der Waals surface area contributed by atoms with Crippen LogP contribution >= 0.6 is 24.8 Å². The van der Waals surface area contributed by atoms with Gasteiger partial charge in [0.15, 0.2) is 0 Å². The lowest BCUT2D eigenvalue weighted by Gasteiger charge is -1.98. The van der Waals surface area contributed by atoms with Crippen molar-refractivity contribution in [3.8, 4) is 0 Å². The van der Waals surface area contributed by atoms with E-state index >= 15 is 0 Å². The van der Waals surface area contributed by atoms with Crippen LogP contribution < -0.4 is 10.6 Å². The number of hydrogen-bond acceptors (Lipinski definition) is 4. The van der Waals surface area contributed by atoms with Gasteiger partial charge < -0.3 is 20.8 Å². The largest absolute Gasteiger partial charge is 0.396 e. The number of nitrogens with one attached hydrogen (secondary N) is 2. The van der Waals surface area contributed by atoms with Gasteiger partial charge in [-0.05, 0) is 37.8 Å². The van der Waals surface area contributed by atoms with Crippen molar-refractivity contribution in [1.82, 2.24) is 10.6 Å². The molecule has 0 aromatic rings. The molecule has 0 spiro atoms. The van der Waals surface area contributed by atoms with E-state index in [9.17, 15) is 0 Å². The molecular weight excluding hydrogens is 251 g/mol. The van der Waals surface area contributed by atoms with Gasteiger partial charge in [0.1, 0.15) is 0 Å². The summed E-state index contributed by atoms with van der Waals surface area (Å²) in [6.07, 6.45) is 2.30. The van der Waals surface area contributed by atoms with E-state index in [-0.39, 0.29) is 24.8 Å². The molecule has 0 radical (unpaired) electrons. The molecule has 100 valence electrons. The van der Waals surface area contributed by atoms with E-state index in [2.05, 4.69) is 10.6 Å². The standard InChI is InChI=1S/2C5H11NO.2ClH/c2*7-4-5-1-2-6-3-5;;/h2*5-7H,1-4H2;2*1H/t2*5-;;/m11../s1. The molecule has 2 aliphatic rings. The summed E-state index contributed by atoms with van der Waals surface area (Å²) < 4.78 is 0. The Morgan fingerprint density at radius 2 is 1.19 bits per heavy atom. The van der Waals surface area contributed by atoms with Crippen LogP contribution in [0.1, 0.15) is 12.8 Å². The number of aliphatic hydroxyl groups excluding tert-OH is 2. The second kappa shape index (κ2) is 11.9. The van der Waals surface area contributed by atoms with Crippen LogP contribution in [0.3, 0.4) is 0 Å². The smallest absolute Gasteiger partial charge is 0.0471 e. The molecule has 2 heterocycles. The van der Waals surface area contributed by atoms with Crippen LogP contribution in [-0.4, -0.2) is 49.6 Å². The summed E-state index contributed by atoms with van der Waals surface area (Å²) in [4.78, 5) is 0. The second-order valence-electron chi connectivity index (χ2n) is 4.08. The minimum absolute atomic E-state index is 0. The van der Waals surface area contributed by atoms with Crippen LogP contribution in [0.15, 0.2) is 0 Å². The fourth-order valence-corrected chi connectivity index (χ4v) is 1.74. The van der Waals surface area contributed by atoms with Gasteiger partial charge in [-0.3, -0.25) is 0 Å². The average molecular weight is 275 g/mol. The van der Waals surface area contributed by atoms with Gasteiger partial charge in [-0.1, -0.05) is 0 Å². The van der Waals surface area contributed by atoms with Crippen LogP contribution in [-0.2, 0) is 0 Å². The quantitative estimate of drug-likeness (QED) is 0.574. The van der Waals surface area contributed by atoms with Crippen LogP contribution in [0.4, 0.5) is 0 Å². The Bertz CT molecular complexity index is 125. The van der Waals surface area contributed by atoms with Gasteiger partial charge in [-0.2, -0.15) is 0 Å². The first kappa shape index (κ1) is 18.8. The predicted octanol–water partition coefficient (Wildman–Crippen LogP) is 0.0200. The maximum atomic E-state index is 8.53. The Morgan fingerprint density at radius 1 is 0.812 bits per heavy atom. The topological polar surface area (TPSA) is 64.5 Å². The molecule has 4 nitrogen and oxygen atoms in total. The van der Waals surface area contributed by atoms with Gasteiger partial charge in [0, 0.05) is 26.3 Å². The molecule has 0 saturated carbocycles. The molecule has 2 aliphatic heterocycles. The van der Waals surface area contributed by atoms with Crippen LogP contribution in [0.25, 0.3) is 0 Å². The van der Waals surface area contributed by atoms with Crippen molar-refractivity contribution in [3.05, 3.63) is 0 Å². The van der Waals surface area contributed by atoms with E-state index in [0.717, 1.165) is 39.0 Å². The molecular formula is C10H24Cl2N2O2. The van der Waals surface area contributed by atoms with Crippen LogP contribution in [0.5, 0.6) is 0 Å². The van der Waals surface area contributed by atoms with Gasteiger partial charge in [-0.15, -0.1) is 24.8 Å². The van der Waals surface area contributed by atoms with E-state index in [0.29, 0.717) is 25.0 Å². The van der Waals surface area contributed by atoms with Gasteiger partial charge in [-0.25, -0.2) is 0 Å². The summed E-state index contributed by atoms with van der Waals surface area (Å²) in [6.45, 7) is 4.91. The highest BCUT2D eigenvalue weighted by Gasteiger charge is 2.11. The number of aliphatic hydroxyl groups is 2. The highest BCUT2D eigenvalue weighted by Crippen LogP contribution is 2.04. The summed E-state index contributed by atoms with van der Waals surface area (Å²) in [5, 5.41) is 23.4. The lowest BCUT2D eigenvalue weighted by molar-refractivity contribution is 0.237. The highest BCUT2D eigenvalue weighted by atomic mass is 35.5. The number of rotatable bonds is 2. The molecule has 4 N–H and O–H groups in total. The van der Waals surface area contributed by atoms with E-state index in [1.807, 2.05) is 0 Å². The monoisotopic (exact) mass is 274 g/mol. The molecule has 2 rings (SSSR count). The van der Waals surface area contributed by atoms with Crippen molar-refractivity contribution < 1.29 is 10.2 Å². The molecule has 0 aliphatic carbocycles. The maximum absolute atomic E-state index is 8.53. The lowest BCUT2D eigenvalue weighted by atomic mass is 10.1. The molecule has 16 heavy (non-hydrogen) atoms. The van der Waals surface area contributed by atoms with Crippen LogP contribution in [0.2, 0.25) is 0 Å². The third kappa shape index (κ3) is 7.65. The van der Waals surface area contributed by atoms with Gasteiger partial charge >= 0.3 is 0 Å². The predicted molar refractivity (Wildman–Crippen MR) is 70.6 cm³/mol. The summed E-state index contributed by atoms with van der Waals surface area (Å²) in [5.74, 6) is 1.08. The SMILES string of the molecule is Cl.Cl.OC[C@@H]1CCNC1.OC[C@@H]1CCNC1. The van der Waals surface area contributed by atoms with Crippen molar-refractivity contribution in [2.45, 2.75) is 12.8 Å². The summed E-state index contributed by atoms with van der Waals surface area (Å²) in [5.41, 5.74) is 0. The van der Waals surface area contributed by atoms with Gasteiger partial charge in [0.05, 0.1) is 0 Å². The van der Waals surface area contributed by atoms with Gasteiger partial charge in [0.2, 0.25) is 0 Å². The minimum atomic E-state index is 0. The van der Waals surface area contributed by atoms with Crippen molar-refractivity contribution in [2.24, 2.45) is 11.8 Å². The number of hydrogen-bond donors (Lipinski definition) is 4. The Balaban J connectivity index is 0. The summed E-state index contributed by atoms with van der Waals surface area (Å²) in [7, 11) is 0. The zero-order valence-electron chi connectivity index (χ0n) is 9.52.